The summed E-state index contributed by atoms with van der Waals surface area (Å²) in [7, 11) is -2.31. The molecule has 0 N–H and O–H groups in total. The third-order valence-electron chi connectivity index (χ3n) is 7.06. The van der Waals surface area contributed by atoms with Gasteiger partial charge < -0.3 is 4.43 Å². The number of hydrogen-bond acceptors (Lipinski definition) is 1. The molecule has 0 fully saturated rings. The lowest BCUT2D eigenvalue weighted by Gasteiger charge is -2.30. The van der Waals surface area contributed by atoms with Crippen molar-refractivity contribution in [2.45, 2.75) is 118 Å². The van der Waals surface area contributed by atoms with Gasteiger partial charge >= 0.3 is 0 Å². The maximum atomic E-state index is 6.61. The molecule has 0 aromatic rings. The first-order valence-corrected chi connectivity index (χ1v) is 18.1. The molecule has 0 spiro atoms. The zero-order valence-electron chi connectivity index (χ0n) is 21.6. The molecule has 0 aliphatic heterocycles. The summed E-state index contributed by atoms with van der Waals surface area (Å²) in [5.74, 6) is 0.562. The lowest BCUT2D eigenvalue weighted by molar-refractivity contribution is 0.268. The smallest absolute Gasteiger partial charge is 0.192 e. The molecular weight excluding hydrogens is 387 g/mol. The lowest BCUT2D eigenvalue weighted by atomic mass is 10.1. The summed E-state index contributed by atoms with van der Waals surface area (Å²) in [5, 5.41) is 0. The minimum absolute atomic E-state index is 0.562. The van der Waals surface area contributed by atoms with Crippen LogP contribution in [0.2, 0.25) is 18.1 Å². The van der Waals surface area contributed by atoms with E-state index >= 15 is 0 Å². The Hall–Kier alpha value is 0.347. The number of hydrogen-bond donors (Lipinski definition) is 0. The van der Waals surface area contributed by atoms with Gasteiger partial charge in [-0.25, -0.2) is 0 Å². The average Bonchev–Trinajstić information content (AvgIpc) is 2.75. The summed E-state index contributed by atoms with van der Waals surface area (Å²) in [6.45, 7) is 19.8. The predicted molar refractivity (Wildman–Crippen MR) is 142 cm³/mol. The van der Waals surface area contributed by atoms with Crippen molar-refractivity contribution in [1.29, 1.82) is 0 Å². The Bertz CT molecular complexity index is 387. The van der Waals surface area contributed by atoms with E-state index in [0.29, 0.717) is 5.92 Å². The molecule has 0 heterocycles. The van der Waals surface area contributed by atoms with Gasteiger partial charge in [0.05, 0.1) is 24.6 Å². The standard InChI is InChI=1S/C26H56OPSi/c1-9-16-19-28(20-17-10-2,21-18-11-3)24-26(12-4)22-25(8)23-27-29(13-5,14-6)15-7/h22,25H,9-21,23-24H2,1-8H3/q+1/b26-22-/t25-/m0/s1. The van der Waals surface area contributed by atoms with Crippen molar-refractivity contribution in [2.75, 3.05) is 31.3 Å². The van der Waals surface area contributed by atoms with Gasteiger partial charge in [0.2, 0.25) is 0 Å². The van der Waals surface area contributed by atoms with Crippen LogP contribution in [-0.4, -0.2) is 39.6 Å². The van der Waals surface area contributed by atoms with Gasteiger partial charge in [-0.3, -0.25) is 0 Å². The molecule has 0 rings (SSSR count). The molecular formula is C26H56OPSi+. The molecule has 0 radical (unpaired) electrons. The highest BCUT2D eigenvalue weighted by Gasteiger charge is 2.36. The quantitative estimate of drug-likeness (QED) is 0.110. The van der Waals surface area contributed by atoms with Gasteiger partial charge in [-0.15, -0.1) is 0 Å². The minimum Gasteiger partial charge on any atom is -0.416 e. The van der Waals surface area contributed by atoms with Crippen LogP contribution < -0.4 is 0 Å². The van der Waals surface area contributed by atoms with Crippen molar-refractivity contribution in [3.05, 3.63) is 11.6 Å². The highest BCUT2D eigenvalue weighted by atomic mass is 31.2. The number of rotatable bonds is 19. The Balaban J connectivity index is 5.30. The maximum absolute atomic E-state index is 6.61. The SMILES string of the molecule is CCCC[P+](CCCC)(CCCC)C/C(=C\[C@H](C)CO[Si](CC)(CC)CC)CC. The fourth-order valence-corrected chi connectivity index (χ4v) is 12.6. The minimum atomic E-state index is -1.46. The topological polar surface area (TPSA) is 9.23 Å². The van der Waals surface area contributed by atoms with Crippen molar-refractivity contribution < 1.29 is 4.43 Å². The summed E-state index contributed by atoms with van der Waals surface area (Å²) in [4.78, 5) is 0. The Morgan fingerprint density at radius 3 is 1.59 bits per heavy atom. The summed E-state index contributed by atoms with van der Waals surface area (Å²) in [6, 6.07) is 3.78. The van der Waals surface area contributed by atoms with E-state index in [0.717, 1.165) is 6.61 Å². The highest BCUT2D eigenvalue weighted by Crippen LogP contribution is 2.62. The van der Waals surface area contributed by atoms with Crippen molar-refractivity contribution in [1.82, 2.24) is 0 Å². The summed E-state index contributed by atoms with van der Waals surface area (Å²) in [6.07, 6.45) is 18.3. The molecule has 29 heavy (non-hydrogen) atoms. The molecule has 174 valence electrons. The van der Waals surface area contributed by atoms with Crippen LogP contribution in [0, 0.1) is 5.92 Å². The van der Waals surface area contributed by atoms with E-state index in [-0.39, 0.29) is 0 Å². The van der Waals surface area contributed by atoms with Crippen molar-refractivity contribution in [3.8, 4) is 0 Å². The van der Waals surface area contributed by atoms with Gasteiger partial charge in [-0.1, -0.05) is 80.7 Å². The van der Waals surface area contributed by atoms with Crippen LogP contribution >= 0.6 is 7.26 Å². The van der Waals surface area contributed by atoms with E-state index < -0.39 is 15.6 Å². The van der Waals surface area contributed by atoms with Gasteiger partial charge in [-0.2, -0.15) is 0 Å². The van der Waals surface area contributed by atoms with Gasteiger partial charge in [0.15, 0.2) is 8.32 Å². The second-order valence-corrected chi connectivity index (χ2v) is 18.6. The largest absolute Gasteiger partial charge is 0.416 e. The molecule has 3 heteroatoms. The fraction of sp³-hybridized carbons (Fsp3) is 0.923. The average molecular weight is 444 g/mol. The molecule has 0 aliphatic rings. The van der Waals surface area contributed by atoms with Gasteiger partial charge in [0.1, 0.15) is 0 Å². The van der Waals surface area contributed by atoms with Crippen molar-refractivity contribution in [2.24, 2.45) is 5.92 Å². The first-order valence-electron chi connectivity index (χ1n) is 13.1. The van der Waals surface area contributed by atoms with E-state index in [2.05, 4.69) is 61.5 Å². The Kier molecular flexibility index (Phi) is 17.2. The van der Waals surface area contributed by atoms with E-state index in [9.17, 15) is 0 Å². The number of allylic oxidation sites excluding steroid dienone is 1. The van der Waals surface area contributed by atoms with Crippen LogP contribution in [0.15, 0.2) is 11.6 Å². The Labute approximate surface area is 187 Å². The van der Waals surface area contributed by atoms with E-state index in [1.807, 2.05) is 0 Å². The zero-order chi connectivity index (χ0) is 22.2. The van der Waals surface area contributed by atoms with Crippen LogP contribution in [-0.2, 0) is 4.43 Å². The van der Waals surface area contributed by atoms with Gasteiger partial charge in [-0.05, 0) is 55.3 Å². The summed E-state index contributed by atoms with van der Waals surface area (Å²) in [5.41, 5.74) is 1.74. The van der Waals surface area contributed by atoms with E-state index in [1.54, 1.807) is 5.57 Å². The summed E-state index contributed by atoms with van der Waals surface area (Å²) >= 11 is 0. The third-order valence-corrected chi connectivity index (χ3v) is 16.6. The van der Waals surface area contributed by atoms with Crippen molar-refractivity contribution >= 4 is 15.6 Å². The second kappa shape index (κ2) is 17.0. The zero-order valence-corrected chi connectivity index (χ0v) is 23.5. The normalized spacial score (nSPS) is 14.4. The lowest BCUT2D eigenvalue weighted by Crippen LogP contribution is -2.37. The molecule has 0 amide bonds. The predicted octanol–water partition coefficient (Wildman–Crippen LogP) is 9.40. The first-order chi connectivity index (χ1) is 13.9. The van der Waals surface area contributed by atoms with Crippen LogP contribution in [0.1, 0.15) is 100 Å². The third kappa shape index (κ3) is 11.5. The van der Waals surface area contributed by atoms with Crippen molar-refractivity contribution in [3.63, 3.8) is 0 Å². The van der Waals surface area contributed by atoms with Crippen LogP contribution in [0.3, 0.4) is 0 Å². The maximum Gasteiger partial charge on any atom is 0.192 e. The highest BCUT2D eigenvalue weighted by molar-refractivity contribution is 7.76. The number of unbranched alkanes of at least 4 members (excludes halogenated alkanes) is 3. The first kappa shape index (κ1) is 29.3. The van der Waals surface area contributed by atoms with Gasteiger partial charge in [0, 0.05) is 13.9 Å². The van der Waals surface area contributed by atoms with Crippen LogP contribution in [0.25, 0.3) is 0 Å². The van der Waals surface area contributed by atoms with Crippen LogP contribution in [0.4, 0.5) is 0 Å². The Morgan fingerprint density at radius 2 is 1.24 bits per heavy atom. The van der Waals surface area contributed by atoms with E-state index in [4.69, 9.17) is 4.43 Å². The second-order valence-electron chi connectivity index (χ2n) is 9.44. The molecule has 1 atom stereocenters. The fourth-order valence-electron chi connectivity index (χ4n) is 4.58. The van der Waals surface area contributed by atoms with Crippen LogP contribution in [0.5, 0.6) is 0 Å². The Morgan fingerprint density at radius 1 is 0.793 bits per heavy atom. The molecule has 0 aliphatic carbocycles. The van der Waals surface area contributed by atoms with E-state index in [1.165, 1.54) is 87.7 Å². The molecule has 0 saturated carbocycles. The molecule has 1 nitrogen and oxygen atoms in total. The molecule has 0 aromatic carbocycles. The summed E-state index contributed by atoms with van der Waals surface area (Å²) < 4.78 is 6.61. The molecule has 0 aromatic heterocycles. The molecule has 0 bridgehead atoms. The monoisotopic (exact) mass is 443 g/mol. The molecule has 0 saturated heterocycles. The van der Waals surface area contributed by atoms with Gasteiger partial charge in [0.25, 0.3) is 0 Å². The molecule has 0 unspecified atom stereocenters.